The Balaban J connectivity index is 1.40. The standard InChI is InChI=1S/C19H15FN2O3S/c20-14-6-2-1-5-12(14)9-13-10-21-19(26-13)22-18(23)17-11-24-15-7-3-4-8-16(15)25-17/h1-8,10,17H,9,11H2,(H,21,22,23). The van der Waals surface area contributed by atoms with Gasteiger partial charge >= 0.3 is 0 Å². The van der Waals surface area contributed by atoms with E-state index in [1.807, 2.05) is 12.1 Å². The van der Waals surface area contributed by atoms with Crippen LogP contribution in [-0.2, 0) is 11.2 Å². The fraction of sp³-hybridized carbons (Fsp3) is 0.158. The topological polar surface area (TPSA) is 60.5 Å². The maximum Gasteiger partial charge on any atom is 0.270 e. The zero-order valence-corrected chi connectivity index (χ0v) is 14.5. The number of rotatable bonds is 4. The number of nitrogens with zero attached hydrogens (tertiary/aromatic N) is 1. The highest BCUT2D eigenvalue weighted by atomic mass is 32.1. The van der Waals surface area contributed by atoms with Gasteiger partial charge in [0.25, 0.3) is 5.91 Å². The molecule has 132 valence electrons. The number of para-hydroxylation sites is 2. The number of hydrogen-bond acceptors (Lipinski definition) is 5. The van der Waals surface area contributed by atoms with E-state index in [2.05, 4.69) is 10.3 Å². The van der Waals surface area contributed by atoms with Gasteiger partial charge in [-0.1, -0.05) is 30.3 Å². The molecule has 7 heteroatoms. The molecule has 2 aromatic carbocycles. The number of anilines is 1. The second-order valence-corrected chi connectivity index (χ2v) is 6.87. The molecule has 1 amide bonds. The van der Waals surface area contributed by atoms with Crippen molar-refractivity contribution in [3.63, 3.8) is 0 Å². The second kappa shape index (κ2) is 7.13. The molecule has 1 N–H and O–H groups in total. The molecule has 1 aromatic heterocycles. The van der Waals surface area contributed by atoms with E-state index in [0.717, 1.165) is 4.88 Å². The van der Waals surface area contributed by atoms with Crippen molar-refractivity contribution in [1.82, 2.24) is 4.98 Å². The lowest BCUT2D eigenvalue weighted by atomic mass is 10.1. The van der Waals surface area contributed by atoms with E-state index in [1.54, 1.807) is 36.5 Å². The molecule has 0 saturated carbocycles. The van der Waals surface area contributed by atoms with Crippen LogP contribution < -0.4 is 14.8 Å². The van der Waals surface area contributed by atoms with Crippen molar-refractivity contribution < 1.29 is 18.7 Å². The molecule has 2 heterocycles. The summed E-state index contributed by atoms with van der Waals surface area (Å²) in [6, 6.07) is 13.8. The minimum absolute atomic E-state index is 0.135. The Kier molecular flexibility index (Phi) is 4.53. The van der Waals surface area contributed by atoms with Gasteiger partial charge in [0.2, 0.25) is 6.10 Å². The van der Waals surface area contributed by atoms with Crippen LogP contribution in [0.2, 0.25) is 0 Å². The minimum atomic E-state index is -0.746. The predicted molar refractivity (Wildman–Crippen MR) is 96.3 cm³/mol. The average Bonchev–Trinajstić information content (AvgIpc) is 3.10. The first-order valence-electron chi connectivity index (χ1n) is 8.06. The van der Waals surface area contributed by atoms with Gasteiger partial charge in [0.1, 0.15) is 12.4 Å². The van der Waals surface area contributed by atoms with Crippen molar-refractivity contribution >= 4 is 22.4 Å². The van der Waals surface area contributed by atoms with Crippen molar-refractivity contribution in [3.05, 3.63) is 71.0 Å². The number of benzene rings is 2. The monoisotopic (exact) mass is 370 g/mol. The first kappa shape index (κ1) is 16.5. The van der Waals surface area contributed by atoms with Gasteiger partial charge in [-0.3, -0.25) is 10.1 Å². The van der Waals surface area contributed by atoms with Crippen LogP contribution in [0.25, 0.3) is 0 Å². The number of thiazole rings is 1. The Morgan fingerprint density at radius 3 is 2.81 bits per heavy atom. The van der Waals surface area contributed by atoms with Crippen LogP contribution >= 0.6 is 11.3 Å². The van der Waals surface area contributed by atoms with E-state index < -0.39 is 6.10 Å². The van der Waals surface area contributed by atoms with E-state index in [1.165, 1.54) is 17.4 Å². The van der Waals surface area contributed by atoms with Gasteiger partial charge in [-0.25, -0.2) is 9.37 Å². The summed E-state index contributed by atoms with van der Waals surface area (Å²) >= 11 is 1.31. The summed E-state index contributed by atoms with van der Waals surface area (Å²) in [4.78, 5) is 17.4. The number of aromatic nitrogens is 1. The molecule has 1 aliphatic heterocycles. The van der Waals surface area contributed by atoms with E-state index in [0.29, 0.717) is 28.6 Å². The molecule has 0 radical (unpaired) electrons. The number of amides is 1. The molecule has 0 fully saturated rings. The van der Waals surface area contributed by atoms with Crippen LogP contribution in [0.4, 0.5) is 9.52 Å². The lowest BCUT2D eigenvalue weighted by molar-refractivity contribution is -0.125. The highest BCUT2D eigenvalue weighted by Gasteiger charge is 2.27. The van der Waals surface area contributed by atoms with Gasteiger partial charge in [0.05, 0.1) is 0 Å². The Hall–Kier alpha value is -2.93. The van der Waals surface area contributed by atoms with Gasteiger partial charge in [-0.2, -0.15) is 0 Å². The maximum absolute atomic E-state index is 13.7. The summed E-state index contributed by atoms with van der Waals surface area (Å²) in [5.41, 5.74) is 0.592. The Morgan fingerprint density at radius 1 is 1.19 bits per heavy atom. The highest BCUT2D eigenvalue weighted by Crippen LogP contribution is 2.31. The van der Waals surface area contributed by atoms with Crippen molar-refractivity contribution in [2.45, 2.75) is 12.5 Å². The van der Waals surface area contributed by atoms with E-state index in [4.69, 9.17) is 9.47 Å². The summed E-state index contributed by atoms with van der Waals surface area (Å²) in [6.07, 6.45) is 1.32. The molecule has 0 aliphatic carbocycles. The number of fused-ring (bicyclic) bond motifs is 1. The van der Waals surface area contributed by atoms with Gasteiger partial charge < -0.3 is 9.47 Å². The predicted octanol–water partition coefficient (Wildman–Crippen LogP) is 3.65. The molecule has 3 aromatic rings. The molecule has 0 bridgehead atoms. The van der Waals surface area contributed by atoms with Crippen LogP contribution in [0.3, 0.4) is 0 Å². The van der Waals surface area contributed by atoms with Crippen LogP contribution in [-0.4, -0.2) is 23.6 Å². The van der Waals surface area contributed by atoms with Crippen LogP contribution in [0.1, 0.15) is 10.4 Å². The number of carbonyl (C=O) groups is 1. The molecular formula is C19H15FN2O3S. The SMILES string of the molecule is O=C(Nc1ncc(Cc2ccccc2F)s1)C1COc2ccccc2O1. The van der Waals surface area contributed by atoms with Gasteiger partial charge in [-0.05, 0) is 23.8 Å². The van der Waals surface area contributed by atoms with Gasteiger partial charge in [0.15, 0.2) is 16.6 Å². The maximum atomic E-state index is 13.7. The molecule has 0 saturated heterocycles. The van der Waals surface area contributed by atoms with Crippen LogP contribution in [0.15, 0.2) is 54.7 Å². The summed E-state index contributed by atoms with van der Waals surface area (Å²) < 4.78 is 25.0. The van der Waals surface area contributed by atoms with E-state index in [9.17, 15) is 9.18 Å². The molecular weight excluding hydrogens is 355 g/mol. The van der Waals surface area contributed by atoms with Crippen molar-refractivity contribution in [2.75, 3.05) is 11.9 Å². The largest absolute Gasteiger partial charge is 0.485 e. The van der Waals surface area contributed by atoms with Crippen LogP contribution in [0.5, 0.6) is 11.5 Å². The Bertz CT molecular complexity index is 944. The summed E-state index contributed by atoms with van der Waals surface area (Å²) in [7, 11) is 0. The number of hydrogen-bond donors (Lipinski definition) is 1. The van der Waals surface area contributed by atoms with Gasteiger partial charge in [0, 0.05) is 17.5 Å². The number of halogens is 1. The lowest BCUT2D eigenvalue weighted by Gasteiger charge is -2.25. The van der Waals surface area contributed by atoms with Crippen molar-refractivity contribution in [3.8, 4) is 11.5 Å². The van der Waals surface area contributed by atoms with Crippen LogP contribution in [0, 0.1) is 5.82 Å². The van der Waals surface area contributed by atoms with E-state index >= 15 is 0 Å². The first-order valence-corrected chi connectivity index (χ1v) is 8.88. The molecule has 0 spiro atoms. The number of carbonyl (C=O) groups excluding carboxylic acids is 1. The third-order valence-corrected chi connectivity index (χ3v) is 4.82. The zero-order chi connectivity index (χ0) is 17.9. The third kappa shape index (κ3) is 3.52. The summed E-state index contributed by atoms with van der Waals surface area (Å²) in [6.45, 7) is 0.135. The molecule has 1 aliphatic rings. The summed E-state index contributed by atoms with van der Waals surface area (Å²) in [5.74, 6) is 0.584. The smallest absolute Gasteiger partial charge is 0.270 e. The Morgan fingerprint density at radius 2 is 1.96 bits per heavy atom. The number of nitrogens with one attached hydrogen (secondary N) is 1. The minimum Gasteiger partial charge on any atom is -0.485 e. The number of ether oxygens (including phenoxy) is 2. The molecule has 1 atom stereocenters. The fourth-order valence-corrected chi connectivity index (χ4v) is 3.45. The second-order valence-electron chi connectivity index (χ2n) is 5.75. The average molecular weight is 370 g/mol. The first-order chi connectivity index (χ1) is 12.7. The lowest BCUT2D eigenvalue weighted by Crippen LogP contribution is -2.40. The molecule has 4 rings (SSSR count). The third-order valence-electron chi connectivity index (χ3n) is 3.91. The summed E-state index contributed by atoms with van der Waals surface area (Å²) in [5, 5.41) is 3.18. The van der Waals surface area contributed by atoms with Crippen molar-refractivity contribution in [2.24, 2.45) is 0 Å². The van der Waals surface area contributed by atoms with E-state index in [-0.39, 0.29) is 18.3 Å². The molecule has 5 nitrogen and oxygen atoms in total. The fourth-order valence-electron chi connectivity index (χ4n) is 2.61. The normalized spacial score (nSPS) is 15.5. The van der Waals surface area contributed by atoms with Crippen molar-refractivity contribution in [1.29, 1.82) is 0 Å². The quantitative estimate of drug-likeness (QED) is 0.762. The van der Waals surface area contributed by atoms with Gasteiger partial charge in [-0.15, -0.1) is 11.3 Å². The Labute approximate surface area is 153 Å². The highest BCUT2D eigenvalue weighted by molar-refractivity contribution is 7.15. The zero-order valence-electron chi connectivity index (χ0n) is 13.6. The molecule has 1 unspecified atom stereocenters. The molecule has 26 heavy (non-hydrogen) atoms.